The first-order valence-corrected chi connectivity index (χ1v) is 9.42. The van der Waals surface area contributed by atoms with E-state index in [0.717, 1.165) is 25.7 Å². The molecule has 0 saturated heterocycles. The summed E-state index contributed by atoms with van der Waals surface area (Å²) in [7, 11) is -4.34. The maximum atomic E-state index is 11.7. The molecule has 0 aromatic heterocycles. The van der Waals surface area contributed by atoms with Crippen molar-refractivity contribution in [2.75, 3.05) is 0 Å². The molecule has 0 radical (unpaired) electrons. The summed E-state index contributed by atoms with van der Waals surface area (Å²) in [6.07, 6.45) is 4.63. The highest BCUT2D eigenvalue weighted by atomic mass is 32.2. The molecule has 0 atom stereocenters. The fourth-order valence-corrected chi connectivity index (χ4v) is 3.22. The molecule has 0 aliphatic rings. The van der Waals surface area contributed by atoms with Gasteiger partial charge in [-0.3, -0.25) is 4.55 Å². The Morgan fingerprint density at radius 1 is 1.04 bits per heavy atom. The van der Waals surface area contributed by atoms with Crippen molar-refractivity contribution in [2.24, 2.45) is 0 Å². The van der Waals surface area contributed by atoms with E-state index < -0.39 is 10.1 Å². The van der Waals surface area contributed by atoms with Gasteiger partial charge in [0.2, 0.25) is 0 Å². The van der Waals surface area contributed by atoms with Gasteiger partial charge in [0.15, 0.2) is 11.5 Å². The number of phenols is 1. The number of hydrogen-bond donors (Lipinski definition) is 2. The van der Waals surface area contributed by atoms with E-state index in [-0.39, 0.29) is 22.1 Å². The Balaban J connectivity index is 2.25. The van der Waals surface area contributed by atoms with E-state index in [9.17, 15) is 18.1 Å². The normalized spacial score (nSPS) is 11.4. The standard InChI is InChI=1S/C18H22O5S/c1-2-3-4-5-8-14-11-12-15(13-18(14)24(20,21)22)23-17-10-7-6-9-16(17)19/h6-7,9-13,19H,2-5,8H2,1H3,(H,20,21,22). The maximum Gasteiger partial charge on any atom is 0.294 e. The van der Waals surface area contributed by atoms with Gasteiger partial charge in [0.1, 0.15) is 10.6 Å². The predicted molar refractivity (Wildman–Crippen MR) is 92.3 cm³/mol. The van der Waals surface area contributed by atoms with E-state index in [1.807, 2.05) is 0 Å². The molecule has 0 saturated carbocycles. The van der Waals surface area contributed by atoms with Gasteiger partial charge in [0.25, 0.3) is 10.1 Å². The van der Waals surface area contributed by atoms with Gasteiger partial charge in [-0.15, -0.1) is 0 Å². The van der Waals surface area contributed by atoms with Crippen molar-refractivity contribution in [1.82, 2.24) is 0 Å². The van der Waals surface area contributed by atoms with Crippen LogP contribution in [0.5, 0.6) is 17.2 Å². The lowest BCUT2D eigenvalue weighted by molar-refractivity contribution is 0.410. The SMILES string of the molecule is CCCCCCc1ccc(Oc2ccccc2O)cc1S(=O)(=O)O. The molecule has 2 aromatic carbocycles. The molecule has 24 heavy (non-hydrogen) atoms. The molecule has 130 valence electrons. The van der Waals surface area contributed by atoms with Crippen LogP contribution < -0.4 is 4.74 Å². The minimum Gasteiger partial charge on any atom is -0.504 e. The first-order chi connectivity index (χ1) is 11.4. The molecular formula is C18H22O5S. The first-order valence-electron chi connectivity index (χ1n) is 7.98. The van der Waals surface area contributed by atoms with Gasteiger partial charge < -0.3 is 9.84 Å². The number of hydrogen-bond acceptors (Lipinski definition) is 4. The van der Waals surface area contributed by atoms with E-state index in [2.05, 4.69) is 6.92 Å². The van der Waals surface area contributed by atoms with E-state index in [4.69, 9.17) is 4.74 Å². The van der Waals surface area contributed by atoms with Gasteiger partial charge in [0.05, 0.1) is 0 Å². The smallest absolute Gasteiger partial charge is 0.294 e. The molecule has 0 aliphatic heterocycles. The van der Waals surface area contributed by atoms with E-state index in [1.54, 1.807) is 30.3 Å². The third kappa shape index (κ3) is 4.97. The second-order valence-electron chi connectivity index (χ2n) is 5.63. The molecular weight excluding hydrogens is 328 g/mol. The Hall–Kier alpha value is -2.05. The summed E-state index contributed by atoms with van der Waals surface area (Å²) < 4.78 is 38.3. The minimum absolute atomic E-state index is 0.0467. The molecule has 2 rings (SSSR count). The average Bonchev–Trinajstić information content (AvgIpc) is 2.54. The number of ether oxygens (including phenoxy) is 1. The molecule has 2 N–H and O–H groups in total. The average molecular weight is 350 g/mol. The van der Waals surface area contributed by atoms with Gasteiger partial charge in [-0.2, -0.15) is 8.42 Å². The zero-order valence-electron chi connectivity index (χ0n) is 13.6. The van der Waals surface area contributed by atoms with Crippen molar-refractivity contribution in [1.29, 1.82) is 0 Å². The summed E-state index contributed by atoms with van der Waals surface area (Å²) >= 11 is 0. The Kier molecular flexibility index (Phi) is 6.23. The summed E-state index contributed by atoms with van der Waals surface area (Å²) in [6.45, 7) is 2.11. The molecule has 0 spiro atoms. The highest BCUT2D eigenvalue weighted by molar-refractivity contribution is 7.85. The Bertz CT molecular complexity index is 784. The lowest BCUT2D eigenvalue weighted by Crippen LogP contribution is -2.04. The van der Waals surface area contributed by atoms with Crippen LogP contribution in [0.1, 0.15) is 38.2 Å². The van der Waals surface area contributed by atoms with Gasteiger partial charge in [0, 0.05) is 6.07 Å². The zero-order valence-corrected chi connectivity index (χ0v) is 14.4. The van der Waals surface area contributed by atoms with Gasteiger partial charge in [-0.1, -0.05) is 44.4 Å². The van der Waals surface area contributed by atoms with Crippen molar-refractivity contribution < 1.29 is 22.8 Å². The van der Waals surface area contributed by atoms with Crippen molar-refractivity contribution in [3.8, 4) is 17.2 Å². The van der Waals surface area contributed by atoms with E-state index in [1.165, 1.54) is 12.1 Å². The second-order valence-corrected chi connectivity index (χ2v) is 7.02. The Labute approximate surface area is 142 Å². The number of rotatable bonds is 8. The van der Waals surface area contributed by atoms with Crippen molar-refractivity contribution in [3.63, 3.8) is 0 Å². The number of phenolic OH excluding ortho intramolecular Hbond substituents is 1. The molecule has 2 aromatic rings. The lowest BCUT2D eigenvalue weighted by Gasteiger charge is -2.11. The molecule has 0 amide bonds. The van der Waals surface area contributed by atoms with Crippen LogP contribution in [0, 0.1) is 0 Å². The summed E-state index contributed by atoms with van der Waals surface area (Å²) in [5.41, 5.74) is 0.568. The van der Waals surface area contributed by atoms with Crippen LogP contribution in [0.25, 0.3) is 0 Å². The third-order valence-electron chi connectivity index (χ3n) is 3.71. The van der Waals surface area contributed by atoms with E-state index >= 15 is 0 Å². The van der Waals surface area contributed by atoms with Crippen LogP contribution in [-0.2, 0) is 16.5 Å². The summed E-state index contributed by atoms with van der Waals surface area (Å²) in [6, 6.07) is 11.0. The molecule has 0 unspecified atom stereocenters. The monoisotopic (exact) mass is 350 g/mol. The number of aryl methyl sites for hydroxylation is 1. The molecule has 6 heteroatoms. The van der Waals surface area contributed by atoms with Gasteiger partial charge in [-0.25, -0.2) is 0 Å². The highest BCUT2D eigenvalue weighted by Gasteiger charge is 2.17. The van der Waals surface area contributed by atoms with Crippen LogP contribution in [0.4, 0.5) is 0 Å². The largest absolute Gasteiger partial charge is 0.504 e. The number of aromatic hydroxyl groups is 1. The predicted octanol–water partition coefficient (Wildman–Crippen LogP) is 4.55. The molecule has 0 aliphatic carbocycles. The van der Waals surface area contributed by atoms with Crippen LogP contribution in [0.15, 0.2) is 47.4 Å². The summed E-state index contributed by atoms with van der Waals surface area (Å²) in [4.78, 5) is -0.146. The topological polar surface area (TPSA) is 83.8 Å². The quantitative estimate of drug-likeness (QED) is 0.539. The zero-order chi connectivity index (χ0) is 17.6. The van der Waals surface area contributed by atoms with Crippen LogP contribution in [0.3, 0.4) is 0 Å². The Morgan fingerprint density at radius 2 is 1.79 bits per heavy atom. The molecule has 0 heterocycles. The lowest BCUT2D eigenvalue weighted by atomic mass is 10.1. The van der Waals surface area contributed by atoms with Crippen LogP contribution in [0.2, 0.25) is 0 Å². The maximum absolute atomic E-state index is 11.7. The summed E-state index contributed by atoms with van der Waals surface area (Å²) in [5.74, 6) is 0.408. The molecule has 0 bridgehead atoms. The molecule has 0 fully saturated rings. The first kappa shape index (κ1) is 18.3. The van der Waals surface area contributed by atoms with Crippen molar-refractivity contribution >= 4 is 10.1 Å². The van der Waals surface area contributed by atoms with Gasteiger partial charge in [-0.05, 0) is 36.6 Å². The highest BCUT2D eigenvalue weighted by Crippen LogP contribution is 2.32. The number of benzene rings is 2. The van der Waals surface area contributed by atoms with Crippen molar-refractivity contribution in [2.45, 2.75) is 43.9 Å². The fraction of sp³-hybridized carbons (Fsp3) is 0.333. The third-order valence-corrected chi connectivity index (χ3v) is 4.65. The minimum atomic E-state index is -4.34. The van der Waals surface area contributed by atoms with E-state index in [0.29, 0.717) is 12.0 Å². The number of unbranched alkanes of at least 4 members (excludes halogenated alkanes) is 3. The second kappa shape index (κ2) is 8.17. The van der Waals surface area contributed by atoms with Crippen LogP contribution >= 0.6 is 0 Å². The Morgan fingerprint density at radius 3 is 2.46 bits per heavy atom. The van der Waals surface area contributed by atoms with Crippen LogP contribution in [-0.4, -0.2) is 18.1 Å². The number of para-hydroxylation sites is 2. The van der Waals surface area contributed by atoms with Gasteiger partial charge >= 0.3 is 0 Å². The fourth-order valence-electron chi connectivity index (χ4n) is 2.46. The van der Waals surface area contributed by atoms with Crippen molar-refractivity contribution in [3.05, 3.63) is 48.0 Å². The summed E-state index contributed by atoms with van der Waals surface area (Å²) in [5, 5.41) is 9.73. The molecule has 5 nitrogen and oxygen atoms in total.